The van der Waals surface area contributed by atoms with Crippen molar-refractivity contribution in [1.82, 2.24) is 15.5 Å². The number of benzene rings is 1. The number of nitrogens with one attached hydrogen (secondary N) is 2. The molecule has 0 radical (unpaired) electrons. The van der Waals surface area contributed by atoms with E-state index < -0.39 is 0 Å². The predicted octanol–water partition coefficient (Wildman–Crippen LogP) is 3.54. The molecule has 0 spiro atoms. The third kappa shape index (κ3) is 6.48. The summed E-state index contributed by atoms with van der Waals surface area (Å²) in [5.41, 5.74) is 2.89. The summed E-state index contributed by atoms with van der Waals surface area (Å²) in [4.78, 5) is 18.8. The number of nitrogens with zero attached hydrogens (tertiary/aromatic N) is 2. The van der Waals surface area contributed by atoms with Crippen LogP contribution in [0.1, 0.15) is 43.1 Å². The number of aryl methyl sites for hydroxylation is 1. The molecule has 2 N–H and O–H groups in total. The van der Waals surface area contributed by atoms with Crippen LogP contribution in [-0.4, -0.2) is 48.5 Å². The molecule has 1 aliphatic carbocycles. The second-order valence-electron chi connectivity index (χ2n) is 8.24. The number of rotatable bonds is 6. The highest BCUT2D eigenvalue weighted by Gasteiger charge is 2.27. The van der Waals surface area contributed by atoms with Crippen LogP contribution in [0.2, 0.25) is 0 Å². The first-order valence-electron chi connectivity index (χ1n) is 11.2. The number of guanidine groups is 1. The number of hydrogen-bond donors (Lipinski definition) is 2. The Labute approximate surface area is 201 Å². The first-order valence-corrected chi connectivity index (χ1v) is 11.2. The van der Waals surface area contributed by atoms with Crippen molar-refractivity contribution in [2.75, 3.05) is 19.6 Å². The highest BCUT2D eigenvalue weighted by atomic mass is 127. The molecule has 1 aromatic heterocycles. The highest BCUT2D eigenvalue weighted by Crippen LogP contribution is 2.21. The molecule has 0 saturated carbocycles. The van der Waals surface area contributed by atoms with Gasteiger partial charge in [-0.05, 0) is 48.9 Å². The number of likely N-dealkylation sites (tertiary alicyclic amines) is 1. The molecule has 2 atom stereocenters. The van der Waals surface area contributed by atoms with Crippen LogP contribution < -0.4 is 10.6 Å². The number of fused-ring (bicyclic) bond motifs is 1. The van der Waals surface area contributed by atoms with Gasteiger partial charge in [-0.1, -0.05) is 31.2 Å². The molecule has 31 heavy (non-hydrogen) atoms. The molecule has 7 heteroatoms. The zero-order chi connectivity index (χ0) is 20.8. The van der Waals surface area contributed by atoms with Crippen LogP contribution >= 0.6 is 24.0 Å². The fourth-order valence-corrected chi connectivity index (χ4v) is 4.40. The topological polar surface area (TPSA) is 69.9 Å². The van der Waals surface area contributed by atoms with Crippen molar-refractivity contribution in [3.63, 3.8) is 0 Å². The molecular weight excluding hydrogens is 503 g/mol. The van der Waals surface area contributed by atoms with Crippen molar-refractivity contribution >= 4 is 35.8 Å². The monoisotopic (exact) mass is 536 g/mol. The van der Waals surface area contributed by atoms with Crippen LogP contribution in [0.3, 0.4) is 0 Å². The Hall–Kier alpha value is -2.03. The number of furan rings is 1. The van der Waals surface area contributed by atoms with Crippen molar-refractivity contribution in [2.45, 2.75) is 57.5 Å². The minimum absolute atomic E-state index is 0. The molecule has 1 saturated heterocycles. The van der Waals surface area contributed by atoms with E-state index in [2.05, 4.69) is 34.9 Å². The number of carbonyl (C=O) groups is 1. The fourth-order valence-electron chi connectivity index (χ4n) is 4.40. The van der Waals surface area contributed by atoms with Gasteiger partial charge in [0.1, 0.15) is 5.76 Å². The number of amides is 1. The van der Waals surface area contributed by atoms with Crippen LogP contribution in [0.4, 0.5) is 0 Å². The zero-order valence-corrected chi connectivity index (χ0v) is 20.5. The SMILES string of the molecule is CCC(=O)N1CCC(NC(=NCCc2ccco2)NC2CCc3ccccc3C2)C1.I. The second kappa shape index (κ2) is 11.5. The molecule has 2 unspecified atom stereocenters. The van der Waals surface area contributed by atoms with E-state index in [9.17, 15) is 4.79 Å². The lowest BCUT2D eigenvalue weighted by Gasteiger charge is -2.28. The Morgan fingerprint density at radius 1 is 1.13 bits per heavy atom. The van der Waals surface area contributed by atoms with Gasteiger partial charge in [0, 0.05) is 44.6 Å². The smallest absolute Gasteiger partial charge is 0.222 e. The van der Waals surface area contributed by atoms with Gasteiger partial charge in [-0.15, -0.1) is 24.0 Å². The third-order valence-corrected chi connectivity index (χ3v) is 6.08. The van der Waals surface area contributed by atoms with E-state index in [4.69, 9.17) is 9.41 Å². The van der Waals surface area contributed by atoms with Gasteiger partial charge in [0.25, 0.3) is 0 Å². The molecular formula is C24H33IN4O2. The molecule has 1 aliphatic heterocycles. The molecule has 4 rings (SSSR count). The minimum atomic E-state index is 0. The molecule has 168 valence electrons. The van der Waals surface area contributed by atoms with Crippen molar-refractivity contribution in [1.29, 1.82) is 0 Å². The van der Waals surface area contributed by atoms with Crippen LogP contribution in [0.5, 0.6) is 0 Å². The van der Waals surface area contributed by atoms with Crippen molar-refractivity contribution in [2.24, 2.45) is 4.99 Å². The van der Waals surface area contributed by atoms with E-state index in [1.807, 2.05) is 24.0 Å². The van der Waals surface area contributed by atoms with Crippen molar-refractivity contribution in [3.8, 4) is 0 Å². The summed E-state index contributed by atoms with van der Waals surface area (Å²) in [6.07, 6.45) is 7.21. The van der Waals surface area contributed by atoms with Gasteiger partial charge in [-0.3, -0.25) is 9.79 Å². The quantitative estimate of drug-likeness (QED) is 0.337. The van der Waals surface area contributed by atoms with Crippen LogP contribution in [0.25, 0.3) is 0 Å². The average Bonchev–Trinajstić information content (AvgIpc) is 3.45. The summed E-state index contributed by atoms with van der Waals surface area (Å²) in [5.74, 6) is 2.03. The summed E-state index contributed by atoms with van der Waals surface area (Å²) in [5, 5.41) is 7.26. The summed E-state index contributed by atoms with van der Waals surface area (Å²) in [7, 11) is 0. The van der Waals surface area contributed by atoms with Crippen molar-refractivity contribution < 1.29 is 9.21 Å². The Bertz CT molecular complexity index is 868. The van der Waals surface area contributed by atoms with E-state index >= 15 is 0 Å². The van der Waals surface area contributed by atoms with E-state index in [0.717, 1.165) is 56.9 Å². The first-order chi connectivity index (χ1) is 14.7. The molecule has 0 bridgehead atoms. The number of hydrogen-bond acceptors (Lipinski definition) is 3. The van der Waals surface area contributed by atoms with E-state index in [-0.39, 0.29) is 35.9 Å². The molecule has 2 aromatic rings. The van der Waals surface area contributed by atoms with Gasteiger partial charge in [-0.25, -0.2) is 0 Å². The maximum atomic E-state index is 12.0. The lowest BCUT2D eigenvalue weighted by atomic mass is 9.88. The van der Waals surface area contributed by atoms with E-state index in [1.165, 1.54) is 11.1 Å². The van der Waals surface area contributed by atoms with Gasteiger partial charge >= 0.3 is 0 Å². The highest BCUT2D eigenvalue weighted by molar-refractivity contribution is 14.0. The lowest BCUT2D eigenvalue weighted by molar-refractivity contribution is -0.129. The standard InChI is InChI=1S/C24H32N4O2.HI/c1-2-23(29)28-14-12-21(17-28)27-24(25-13-11-22-8-5-15-30-22)26-20-10-9-18-6-3-4-7-19(18)16-20;/h3-8,15,20-21H,2,9-14,16-17H2,1H3,(H2,25,26,27);1H. The maximum Gasteiger partial charge on any atom is 0.222 e. The largest absolute Gasteiger partial charge is 0.469 e. The second-order valence-corrected chi connectivity index (χ2v) is 8.24. The lowest BCUT2D eigenvalue weighted by Crippen LogP contribution is -2.50. The number of carbonyl (C=O) groups excluding carboxylic acids is 1. The Morgan fingerprint density at radius 3 is 2.71 bits per heavy atom. The summed E-state index contributed by atoms with van der Waals surface area (Å²) in [6.45, 7) is 4.16. The van der Waals surface area contributed by atoms with Crippen LogP contribution in [0.15, 0.2) is 52.1 Å². The normalized spacial score (nSPS) is 20.7. The first kappa shape index (κ1) is 23.6. The summed E-state index contributed by atoms with van der Waals surface area (Å²) < 4.78 is 5.44. The minimum Gasteiger partial charge on any atom is -0.469 e. The van der Waals surface area contributed by atoms with Gasteiger partial charge < -0.3 is 20.0 Å². The zero-order valence-electron chi connectivity index (χ0n) is 18.2. The number of halogens is 1. The van der Waals surface area contributed by atoms with Crippen LogP contribution in [-0.2, 0) is 24.1 Å². The molecule has 2 aliphatic rings. The van der Waals surface area contributed by atoms with Gasteiger partial charge in [-0.2, -0.15) is 0 Å². The molecule has 1 aromatic carbocycles. The summed E-state index contributed by atoms with van der Waals surface area (Å²) in [6, 6.07) is 13.2. The average molecular weight is 536 g/mol. The molecule has 1 amide bonds. The molecule has 6 nitrogen and oxygen atoms in total. The third-order valence-electron chi connectivity index (χ3n) is 6.08. The Kier molecular flexibility index (Phi) is 8.80. The molecule has 1 fully saturated rings. The van der Waals surface area contributed by atoms with Gasteiger partial charge in [0.15, 0.2) is 5.96 Å². The van der Waals surface area contributed by atoms with E-state index in [1.54, 1.807) is 6.26 Å². The Morgan fingerprint density at radius 2 is 1.94 bits per heavy atom. The number of aliphatic imine (C=N–C) groups is 1. The van der Waals surface area contributed by atoms with Gasteiger partial charge in [0.05, 0.1) is 6.26 Å². The molecule has 2 heterocycles. The summed E-state index contributed by atoms with van der Waals surface area (Å²) >= 11 is 0. The van der Waals surface area contributed by atoms with Crippen LogP contribution in [0, 0.1) is 0 Å². The maximum absolute atomic E-state index is 12.0. The van der Waals surface area contributed by atoms with Gasteiger partial charge in [0.2, 0.25) is 5.91 Å². The fraction of sp³-hybridized carbons (Fsp3) is 0.500. The predicted molar refractivity (Wildman–Crippen MR) is 134 cm³/mol. The van der Waals surface area contributed by atoms with Crippen molar-refractivity contribution in [3.05, 3.63) is 59.5 Å². The Balaban J connectivity index is 0.00000272. The van der Waals surface area contributed by atoms with E-state index in [0.29, 0.717) is 19.0 Å².